The van der Waals surface area contributed by atoms with Crippen molar-refractivity contribution in [1.82, 2.24) is 24.8 Å². The van der Waals surface area contributed by atoms with Gasteiger partial charge in [-0.1, -0.05) is 11.3 Å². The first-order valence-corrected chi connectivity index (χ1v) is 10.6. The minimum Gasteiger partial charge on any atom is -0.480 e. The van der Waals surface area contributed by atoms with Crippen molar-refractivity contribution in [2.45, 2.75) is 25.8 Å². The van der Waals surface area contributed by atoms with E-state index in [0.717, 1.165) is 18.5 Å². The number of rotatable bonds is 8. The fourth-order valence-electron chi connectivity index (χ4n) is 3.80. The highest BCUT2D eigenvalue weighted by Crippen LogP contribution is 2.39. The molecule has 8 nitrogen and oxygen atoms in total. The molecule has 28 heavy (non-hydrogen) atoms. The Kier molecular flexibility index (Phi) is 5.72. The summed E-state index contributed by atoms with van der Waals surface area (Å²) in [5.41, 5.74) is 0.867. The van der Waals surface area contributed by atoms with Crippen molar-refractivity contribution >= 4 is 23.2 Å². The van der Waals surface area contributed by atoms with Gasteiger partial charge in [0.2, 0.25) is 5.91 Å². The van der Waals surface area contributed by atoms with Crippen molar-refractivity contribution in [2.24, 2.45) is 11.8 Å². The van der Waals surface area contributed by atoms with E-state index in [1.165, 1.54) is 4.88 Å². The van der Waals surface area contributed by atoms with E-state index >= 15 is 0 Å². The fraction of sp³-hybridized carbons (Fsp3) is 0.579. The molecule has 150 valence electrons. The zero-order valence-electron chi connectivity index (χ0n) is 15.7. The van der Waals surface area contributed by atoms with E-state index < -0.39 is 5.97 Å². The smallest absolute Gasteiger partial charge is 0.317 e. The highest BCUT2D eigenvalue weighted by atomic mass is 32.1. The van der Waals surface area contributed by atoms with Crippen LogP contribution < -0.4 is 0 Å². The quantitative estimate of drug-likeness (QED) is 0.712. The standard InChI is InChI=1S/C19H25N5O3S/c25-18(26)13-22-5-7-23(8-6-22)19(27)17(14-3-4-14)10-15-11-24(21-20-15)12-16-2-1-9-28-16/h1-2,9,11,14,17H,3-8,10,12-13H2,(H,25,26). The summed E-state index contributed by atoms with van der Waals surface area (Å²) in [4.78, 5) is 29.0. The molecule has 0 bridgehead atoms. The summed E-state index contributed by atoms with van der Waals surface area (Å²) in [7, 11) is 0. The number of nitrogens with zero attached hydrogens (tertiary/aromatic N) is 5. The SMILES string of the molecule is O=C(O)CN1CCN(C(=O)C(Cc2cn(Cc3cccs3)nn2)C2CC2)CC1. The predicted octanol–water partition coefficient (Wildman–Crippen LogP) is 1.19. The van der Waals surface area contributed by atoms with Gasteiger partial charge in [-0.05, 0) is 30.2 Å². The van der Waals surface area contributed by atoms with Crippen molar-refractivity contribution in [3.05, 3.63) is 34.3 Å². The molecular weight excluding hydrogens is 378 g/mol. The van der Waals surface area contributed by atoms with Crippen LogP contribution in [0.1, 0.15) is 23.4 Å². The first-order valence-electron chi connectivity index (χ1n) is 9.73. The summed E-state index contributed by atoms with van der Waals surface area (Å²) >= 11 is 1.69. The molecule has 3 heterocycles. The van der Waals surface area contributed by atoms with Gasteiger partial charge in [0, 0.05) is 49.6 Å². The van der Waals surface area contributed by atoms with Gasteiger partial charge in [0.1, 0.15) is 0 Å². The van der Waals surface area contributed by atoms with Gasteiger partial charge in [0.25, 0.3) is 0 Å². The number of carboxylic acid groups (broad SMARTS) is 1. The van der Waals surface area contributed by atoms with Crippen molar-refractivity contribution in [3.8, 4) is 0 Å². The van der Waals surface area contributed by atoms with Gasteiger partial charge in [-0.15, -0.1) is 16.4 Å². The highest BCUT2D eigenvalue weighted by molar-refractivity contribution is 7.09. The van der Waals surface area contributed by atoms with Gasteiger partial charge in [-0.2, -0.15) is 0 Å². The number of hydrogen-bond acceptors (Lipinski definition) is 6. The Bertz CT molecular complexity index is 809. The fourth-order valence-corrected chi connectivity index (χ4v) is 4.50. The van der Waals surface area contributed by atoms with Crippen LogP contribution in [-0.2, 0) is 22.6 Å². The van der Waals surface area contributed by atoms with Crippen LogP contribution in [0.2, 0.25) is 0 Å². The Balaban J connectivity index is 1.35. The Morgan fingerprint density at radius 3 is 2.68 bits per heavy atom. The van der Waals surface area contributed by atoms with E-state index in [-0.39, 0.29) is 18.4 Å². The number of hydrogen-bond donors (Lipinski definition) is 1. The van der Waals surface area contributed by atoms with E-state index in [0.29, 0.717) is 45.1 Å². The Morgan fingerprint density at radius 2 is 2.04 bits per heavy atom. The number of piperazine rings is 1. The first-order chi connectivity index (χ1) is 13.6. The highest BCUT2D eigenvalue weighted by Gasteiger charge is 2.39. The molecule has 1 atom stereocenters. The van der Waals surface area contributed by atoms with E-state index in [1.54, 1.807) is 11.3 Å². The van der Waals surface area contributed by atoms with E-state index in [4.69, 9.17) is 5.11 Å². The van der Waals surface area contributed by atoms with Crippen LogP contribution in [-0.4, -0.2) is 74.5 Å². The first kappa shape index (κ1) is 19.1. The summed E-state index contributed by atoms with van der Waals surface area (Å²) in [5.74, 6) is -0.239. The van der Waals surface area contributed by atoms with Crippen LogP contribution in [0.3, 0.4) is 0 Å². The number of carboxylic acids is 1. The second-order valence-electron chi connectivity index (χ2n) is 7.63. The molecule has 2 aliphatic rings. The molecular formula is C19H25N5O3S. The van der Waals surface area contributed by atoms with Gasteiger partial charge in [0.05, 0.1) is 18.8 Å². The zero-order valence-corrected chi connectivity index (χ0v) is 16.6. The van der Waals surface area contributed by atoms with Crippen molar-refractivity contribution < 1.29 is 14.7 Å². The van der Waals surface area contributed by atoms with Gasteiger partial charge in [-0.25, -0.2) is 4.68 Å². The predicted molar refractivity (Wildman–Crippen MR) is 104 cm³/mol. The molecule has 0 aromatic carbocycles. The normalized spacial score (nSPS) is 18.9. The molecule has 2 aromatic rings. The van der Waals surface area contributed by atoms with Crippen LogP contribution in [0.4, 0.5) is 0 Å². The van der Waals surface area contributed by atoms with E-state index in [2.05, 4.69) is 16.4 Å². The number of aromatic nitrogens is 3. The van der Waals surface area contributed by atoms with E-state index in [1.807, 2.05) is 32.1 Å². The van der Waals surface area contributed by atoms with Crippen LogP contribution in [0, 0.1) is 11.8 Å². The van der Waals surface area contributed by atoms with Crippen molar-refractivity contribution in [3.63, 3.8) is 0 Å². The van der Waals surface area contributed by atoms with Crippen molar-refractivity contribution in [1.29, 1.82) is 0 Å². The number of aliphatic carboxylic acids is 1. The van der Waals surface area contributed by atoms with E-state index in [9.17, 15) is 9.59 Å². The number of carbonyl (C=O) groups excluding carboxylic acids is 1. The molecule has 1 saturated heterocycles. The van der Waals surface area contributed by atoms with Gasteiger partial charge < -0.3 is 10.0 Å². The van der Waals surface area contributed by atoms with Crippen LogP contribution in [0.5, 0.6) is 0 Å². The third-order valence-electron chi connectivity index (χ3n) is 5.46. The largest absolute Gasteiger partial charge is 0.480 e. The molecule has 1 amide bonds. The Morgan fingerprint density at radius 1 is 1.25 bits per heavy atom. The molecule has 0 radical (unpaired) electrons. The molecule has 1 N–H and O–H groups in total. The molecule has 1 saturated carbocycles. The molecule has 1 aliphatic carbocycles. The molecule has 2 fully saturated rings. The average Bonchev–Trinajstić information content (AvgIpc) is 3.20. The third-order valence-corrected chi connectivity index (χ3v) is 6.33. The van der Waals surface area contributed by atoms with Crippen LogP contribution in [0.15, 0.2) is 23.7 Å². The zero-order chi connectivity index (χ0) is 19.5. The minimum absolute atomic E-state index is 0.0431. The second kappa shape index (κ2) is 8.40. The summed E-state index contributed by atoms with van der Waals surface area (Å²) in [5, 5.41) is 19.5. The van der Waals surface area contributed by atoms with Crippen molar-refractivity contribution in [2.75, 3.05) is 32.7 Å². The van der Waals surface area contributed by atoms with Gasteiger partial charge >= 0.3 is 5.97 Å². The monoisotopic (exact) mass is 403 g/mol. The molecule has 4 rings (SSSR count). The van der Waals surface area contributed by atoms with Gasteiger partial charge in [0.15, 0.2) is 0 Å². The van der Waals surface area contributed by atoms with Crippen LogP contribution in [0.25, 0.3) is 0 Å². The topological polar surface area (TPSA) is 91.6 Å². The maximum Gasteiger partial charge on any atom is 0.317 e. The maximum atomic E-state index is 13.1. The maximum absolute atomic E-state index is 13.1. The molecule has 1 unspecified atom stereocenters. The summed E-state index contributed by atoms with van der Waals surface area (Å²) in [6.07, 6.45) is 4.77. The molecule has 9 heteroatoms. The number of carbonyl (C=O) groups is 2. The Hall–Kier alpha value is -2.26. The molecule has 1 aliphatic heterocycles. The molecule has 2 aromatic heterocycles. The number of amides is 1. The third kappa shape index (κ3) is 4.77. The number of thiophene rings is 1. The summed E-state index contributed by atoms with van der Waals surface area (Å²) in [6, 6.07) is 4.10. The van der Waals surface area contributed by atoms with Gasteiger partial charge in [-0.3, -0.25) is 14.5 Å². The lowest BCUT2D eigenvalue weighted by Crippen LogP contribution is -2.51. The lowest BCUT2D eigenvalue weighted by atomic mass is 9.96. The average molecular weight is 404 g/mol. The Labute approximate surface area is 167 Å². The van der Waals surface area contributed by atoms with Crippen LogP contribution >= 0.6 is 11.3 Å². The lowest BCUT2D eigenvalue weighted by molar-refractivity contribution is -0.140. The summed E-state index contributed by atoms with van der Waals surface area (Å²) in [6.45, 7) is 3.18. The minimum atomic E-state index is -0.818. The summed E-state index contributed by atoms with van der Waals surface area (Å²) < 4.78 is 1.83. The second-order valence-corrected chi connectivity index (χ2v) is 8.66. The molecule has 0 spiro atoms. The lowest BCUT2D eigenvalue weighted by Gasteiger charge is -2.35.